The molecule has 106 valence electrons. The average molecular weight is 343 g/mol. The number of rotatable bonds is 4. The van der Waals surface area contributed by atoms with Gasteiger partial charge in [0.2, 0.25) is 0 Å². The Hall–Kier alpha value is -2.07. The molecular formula is C17H15BrN2O. The normalized spacial score (nSPS) is 10.6. The number of benzene rings is 2. The SMILES string of the molecule is COc1ccc(Br)c(Cn2ccnc2-c2ccccc2)c1. The first-order chi connectivity index (χ1) is 10.3. The summed E-state index contributed by atoms with van der Waals surface area (Å²) in [4.78, 5) is 4.47. The molecule has 0 spiro atoms. The Balaban J connectivity index is 1.95. The van der Waals surface area contributed by atoms with Crippen molar-refractivity contribution in [3.8, 4) is 17.1 Å². The Morgan fingerprint density at radius 3 is 2.71 bits per heavy atom. The van der Waals surface area contributed by atoms with Gasteiger partial charge in [-0.1, -0.05) is 46.3 Å². The summed E-state index contributed by atoms with van der Waals surface area (Å²) in [5.74, 6) is 1.82. The molecule has 0 unspecified atom stereocenters. The van der Waals surface area contributed by atoms with Crippen LogP contribution in [0.15, 0.2) is 65.4 Å². The van der Waals surface area contributed by atoms with E-state index in [0.29, 0.717) is 0 Å². The number of nitrogens with zero attached hydrogens (tertiary/aromatic N) is 2. The highest BCUT2D eigenvalue weighted by molar-refractivity contribution is 9.10. The maximum absolute atomic E-state index is 5.30. The quantitative estimate of drug-likeness (QED) is 0.703. The molecule has 0 saturated carbocycles. The molecule has 0 aliphatic carbocycles. The summed E-state index contributed by atoms with van der Waals surface area (Å²) in [6.45, 7) is 0.738. The number of hydrogen-bond donors (Lipinski definition) is 0. The van der Waals surface area contributed by atoms with Gasteiger partial charge in [-0.15, -0.1) is 0 Å². The van der Waals surface area contributed by atoms with Gasteiger partial charge in [-0.3, -0.25) is 0 Å². The molecule has 0 bridgehead atoms. The van der Waals surface area contributed by atoms with Crippen molar-refractivity contribution in [2.45, 2.75) is 6.54 Å². The van der Waals surface area contributed by atoms with Crippen LogP contribution in [-0.2, 0) is 6.54 Å². The fraction of sp³-hybridized carbons (Fsp3) is 0.118. The van der Waals surface area contributed by atoms with Crippen molar-refractivity contribution >= 4 is 15.9 Å². The Labute approximate surface area is 132 Å². The fourth-order valence-electron chi connectivity index (χ4n) is 2.27. The first-order valence-corrected chi connectivity index (χ1v) is 7.46. The van der Waals surface area contributed by atoms with E-state index in [-0.39, 0.29) is 0 Å². The zero-order valence-corrected chi connectivity index (χ0v) is 13.2. The summed E-state index contributed by atoms with van der Waals surface area (Å²) in [7, 11) is 1.68. The Morgan fingerprint density at radius 2 is 1.95 bits per heavy atom. The molecule has 1 heterocycles. The van der Waals surface area contributed by atoms with E-state index in [0.717, 1.165) is 33.7 Å². The minimum atomic E-state index is 0.738. The van der Waals surface area contributed by atoms with Crippen LogP contribution in [0.4, 0.5) is 0 Å². The molecule has 2 aromatic carbocycles. The van der Waals surface area contributed by atoms with Gasteiger partial charge in [0, 0.05) is 22.4 Å². The lowest BCUT2D eigenvalue weighted by Crippen LogP contribution is -2.02. The molecule has 3 aromatic rings. The zero-order valence-electron chi connectivity index (χ0n) is 11.7. The monoisotopic (exact) mass is 342 g/mol. The van der Waals surface area contributed by atoms with Gasteiger partial charge in [0.25, 0.3) is 0 Å². The van der Waals surface area contributed by atoms with Crippen molar-refractivity contribution in [3.05, 3.63) is 71.0 Å². The summed E-state index contributed by atoms with van der Waals surface area (Å²) in [6, 6.07) is 16.2. The van der Waals surface area contributed by atoms with Crippen molar-refractivity contribution in [3.63, 3.8) is 0 Å². The van der Waals surface area contributed by atoms with Crippen molar-refractivity contribution in [2.75, 3.05) is 7.11 Å². The summed E-state index contributed by atoms with van der Waals surface area (Å²) in [5.41, 5.74) is 2.27. The van der Waals surface area contributed by atoms with E-state index in [1.807, 2.05) is 48.8 Å². The van der Waals surface area contributed by atoms with Crippen LogP contribution in [0.3, 0.4) is 0 Å². The highest BCUT2D eigenvalue weighted by Gasteiger charge is 2.08. The molecule has 4 heteroatoms. The van der Waals surface area contributed by atoms with E-state index in [1.165, 1.54) is 0 Å². The number of imidazole rings is 1. The molecule has 0 N–H and O–H groups in total. The fourth-order valence-corrected chi connectivity index (χ4v) is 2.64. The molecule has 0 saturated heterocycles. The van der Waals surface area contributed by atoms with Gasteiger partial charge in [-0.05, 0) is 23.8 Å². The Morgan fingerprint density at radius 1 is 1.14 bits per heavy atom. The van der Waals surface area contributed by atoms with Crippen LogP contribution in [0.25, 0.3) is 11.4 Å². The largest absolute Gasteiger partial charge is 0.497 e. The summed E-state index contributed by atoms with van der Waals surface area (Å²) >= 11 is 3.60. The third kappa shape index (κ3) is 3.00. The lowest BCUT2D eigenvalue weighted by Gasteiger charge is -2.11. The van der Waals surface area contributed by atoms with Crippen LogP contribution in [0.2, 0.25) is 0 Å². The Kier molecular flexibility index (Phi) is 4.06. The standard InChI is InChI=1S/C17H15BrN2O/c1-21-15-7-8-16(18)14(11-15)12-20-10-9-19-17(20)13-5-3-2-4-6-13/h2-11H,12H2,1H3. The highest BCUT2D eigenvalue weighted by atomic mass is 79.9. The third-order valence-corrected chi connectivity index (χ3v) is 4.11. The predicted octanol–water partition coefficient (Wildman–Crippen LogP) is 4.37. The summed E-state index contributed by atoms with van der Waals surface area (Å²) in [6.07, 6.45) is 3.82. The smallest absolute Gasteiger partial charge is 0.140 e. The second-order valence-electron chi connectivity index (χ2n) is 4.70. The second-order valence-corrected chi connectivity index (χ2v) is 5.56. The van der Waals surface area contributed by atoms with E-state index in [4.69, 9.17) is 4.74 Å². The van der Waals surface area contributed by atoms with E-state index in [2.05, 4.69) is 37.6 Å². The van der Waals surface area contributed by atoms with E-state index < -0.39 is 0 Å². The minimum Gasteiger partial charge on any atom is -0.497 e. The Bertz CT molecular complexity index is 738. The zero-order chi connectivity index (χ0) is 14.7. The molecule has 3 rings (SSSR count). The lowest BCUT2D eigenvalue weighted by atomic mass is 10.2. The molecule has 0 amide bonds. The van der Waals surface area contributed by atoms with Crippen molar-refractivity contribution in [1.29, 1.82) is 0 Å². The van der Waals surface area contributed by atoms with Crippen LogP contribution in [0.1, 0.15) is 5.56 Å². The predicted molar refractivity (Wildman–Crippen MR) is 87.5 cm³/mol. The topological polar surface area (TPSA) is 27.1 Å². The molecular weight excluding hydrogens is 328 g/mol. The van der Waals surface area contributed by atoms with Crippen molar-refractivity contribution in [1.82, 2.24) is 9.55 Å². The van der Waals surface area contributed by atoms with Crippen LogP contribution in [0.5, 0.6) is 5.75 Å². The van der Waals surface area contributed by atoms with Crippen LogP contribution in [-0.4, -0.2) is 16.7 Å². The number of ether oxygens (including phenoxy) is 1. The van der Waals surface area contributed by atoms with Gasteiger partial charge >= 0.3 is 0 Å². The minimum absolute atomic E-state index is 0.738. The molecule has 3 nitrogen and oxygen atoms in total. The number of aromatic nitrogens is 2. The summed E-state index contributed by atoms with van der Waals surface area (Å²) in [5, 5.41) is 0. The van der Waals surface area contributed by atoms with Crippen molar-refractivity contribution < 1.29 is 4.74 Å². The van der Waals surface area contributed by atoms with E-state index in [1.54, 1.807) is 7.11 Å². The molecule has 0 aliphatic heterocycles. The first kappa shape index (κ1) is 13.9. The van der Waals surface area contributed by atoms with E-state index >= 15 is 0 Å². The third-order valence-electron chi connectivity index (χ3n) is 3.34. The van der Waals surface area contributed by atoms with Gasteiger partial charge in [-0.25, -0.2) is 4.98 Å². The van der Waals surface area contributed by atoms with Crippen molar-refractivity contribution in [2.24, 2.45) is 0 Å². The van der Waals surface area contributed by atoms with Crippen LogP contribution in [0, 0.1) is 0 Å². The number of methoxy groups -OCH3 is 1. The van der Waals surface area contributed by atoms with Crippen LogP contribution >= 0.6 is 15.9 Å². The summed E-state index contributed by atoms with van der Waals surface area (Å²) < 4.78 is 8.50. The molecule has 0 radical (unpaired) electrons. The van der Waals surface area contributed by atoms with Crippen LogP contribution < -0.4 is 4.74 Å². The molecule has 0 atom stereocenters. The molecule has 0 aliphatic rings. The molecule has 0 fully saturated rings. The first-order valence-electron chi connectivity index (χ1n) is 6.67. The number of hydrogen-bond acceptors (Lipinski definition) is 2. The van der Waals surface area contributed by atoms with Gasteiger partial charge in [0.1, 0.15) is 11.6 Å². The molecule has 1 aromatic heterocycles. The highest BCUT2D eigenvalue weighted by Crippen LogP contribution is 2.25. The molecule has 21 heavy (non-hydrogen) atoms. The van der Waals surface area contributed by atoms with Gasteiger partial charge in [0.15, 0.2) is 0 Å². The maximum atomic E-state index is 5.30. The van der Waals surface area contributed by atoms with E-state index in [9.17, 15) is 0 Å². The van der Waals surface area contributed by atoms with Gasteiger partial charge < -0.3 is 9.30 Å². The lowest BCUT2D eigenvalue weighted by molar-refractivity contribution is 0.414. The van der Waals surface area contributed by atoms with Gasteiger partial charge in [0.05, 0.1) is 13.7 Å². The maximum Gasteiger partial charge on any atom is 0.140 e. The number of halogens is 1. The second kappa shape index (κ2) is 6.14. The van der Waals surface area contributed by atoms with Gasteiger partial charge in [-0.2, -0.15) is 0 Å². The average Bonchev–Trinajstić information content (AvgIpc) is 2.98.